The first-order chi connectivity index (χ1) is 6.80. The zero-order chi connectivity index (χ0) is 10.2. The van der Waals surface area contributed by atoms with Crippen molar-refractivity contribution in [2.45, 2.75) is 32.6 Å². The first-order valence-electron chi connectivity index (χ1n) is 5.33. The van der Waals surface area contributed by atoms with E-state index in [1.165, 1.54) is 0 Å². The highest BCUT2D eigenvalue weighted by Crippen LogP contribution is 2.09. The Hall–Kier alpha value is -1.11. The first-order valence-corrected chi connectivity index (χ1v) is 5.33. The average Bonchev–Trinajstić information content (AvgIpc) is 2.18. The largest absolute Gasteiger partial charge is 0.295 e. The molecule has 0 amide bonds. The van der Waals surface area contributed by atoms with E-state index < -0.39 is 0 Å². The highest BCUT2D eigenvalue weighted by atomic mass is 16.1. The fourth-order valence-electron chi connectivity index (χ4n) is 1.41. The number of hydrogen-bond acceptors (Lipinski definition) is 1. The normalized spacial score (nSPS) is 24.4. The summed E-state index contributed by atoms with van der Waals surface area (Å²) < 4.78 is 0. The molecule has 0 N–H and O–H groups in total. The molecule has 0 saturated heterocycles. The van der Waals surface area contributed by atoms with Crippen molar-refractivity contribution in [1.82, 2.24) is 0 Å². The molecular formula is C13H18O. The molecule has 0 fully saturated rings. The van der Waals surface area contributed by atoms with E-state index in [1.807, 2.05) is 19.1 Å². The number of rotatable bonds is 0. The van der Waals surface area contributed by atoms with Crippen LogP contribution >= 0.6 is 0 Å². The van der Waals surface area contributed by atoms with E-state index in [0.29, 0.717) is 0 Å². The van der Waals surface area contributed by atoms with Crippen LogP contribution in [0.1, 0.15) is 32.6 Å². The molecule has 76 valence electrons. The highest BCUT2D eigenvalue weighted by Gasteiger charge is 2.07. The van der Waals surface area contributed by atoms with Crippen LogP contribution in [0.2, 0.25) is 0 Å². The standard InChI is InChI=1S/C13H18O/c1-12-10-8-6-4-2-3-5-7-9-11-13(12)14/h4-7,9,11-12H,2-3,8,10H2,1H3. The predicted octanol–water partition coefficient (Wildman–Crippen LogP) is 3.43. The highest BCUT2D eigenvalue weighted by molar-refractivity contribution is 5.91. The molecule has 0 bridgehead atoms. The summed E-state index contributed by atoms with van der Waals surface area (Å²) in [5, 5.41) is 0. The van der Waals surface area contributed by atoms with Crippen LogP contribution in [0.25, 0.3) is 0 Å². The average molecular weight is 190 g/mol. The summed E-state index contributed by atoms with van der Waals surface area (Å²) in [5.41, 5.74) is 0. The molecule has 0 aromatic rings. The molecule has 0 aromatic carbocycles. The molecule has 1 aliphatic carbocycles. The maximum absolute atomic E-state index is 11.5. The van der Waals surface area contributed by atoms with Gasteiger partial charge in [-0.3, -0.25) is 4.79 Å². The Morgan fingerprint density at radius 3 is 2.64 bits per heavy atom. The van der Waals surface area contributed by atoms with Crippen LogP contribution in [-0.4, -0.2) is 5.78 Å². The van der Waals surface area contributed by atoms with Crippen molar-refractivity contribution in [3.05, 3.63) is 36.5 Å². The van der Waals surface area contributed by atoms with Gasteiger partial charge in [0.2, 0.25) is 0 Å². The van der Waals surface area contributed by atoms with Crippen molar-refractivity contribution >= 4 is 5.78 Å². The van der Waals surface area contributed by atoms with Crippen LogP contribution in [0.15, 0.2) is 36.5 Å². The molecule has 0 heterocycles. The van der Waals surface area contributed by atoms with Crippen molar-refractivity contribution in [1.29, 1.82) is 0 Å². The molecular weight excluding hydrogens is 172 g/mol. The predicted molar refractivity (Wildman–Crippen MR) is 60.1 cm³/mol. The third-order valence-corrected chi connectivity index (χ3v) is 2.43. The van der Waals surface area contributed by atoms with Crippen molar-refractivity contribution in [3.8, 4) is 0 Å². The Balaban J connectivity index is 2.58. The Labute approximate surface area is 86.2 Å². The lowest BCUT2D eigenvalue weighted by Gasteiger charge is -2.04. The Morgan fingerprint density at radius 1 is 1.07 bits per heavy atom. The summed E-state index contributed by atoms with van der Waals surface area (Å²) in [5.74, 6) is 0.396. The van der Waals surface area contributed by atoms with Gasteiger partial charge in [0.1, 0.15) is 0 Å². The first kappa shape index (κ1) is 11.0. The van der Waals surface area contributed by atoms with Gasteiger partial charge in [-0.25, -0.2) is 0 Å². The fourth-order valence-corrected chi connectivity index (χ4v) is 1.41. The lowest BCUT2D eigenvalue weighted by molar-refractivity contribution is -0.117. The second-order valence-electron chi connectivity index (χ2n) is 3.72. The molecule has 0 saturated carbocycles. The molecule has 1 aliphatic rings. The van der Waals surface area contributed by atoms with Gasteiger partial charge in [0.15, 0.2) is 5.78 Å². The molecule has 0 aromatic heterocycles. The second-order valence-corrected chi connectivity index (χ2v) is 3.72. The molecule has 1 unspecified atom stereocenters. The van der Waals surface area contributed by atoms with Crippen molar-refractivity contribution < 1.29 is 4.79 Å². The lowest BCUT2D eigenvalue weighted by Crippen LogP contribution is -2.06. The Kier molecular flexibility index (Phi) is 4.98. The molecule has 1 nitrogen and oxygen atoms in total. The minimum absolute atomic E-state index is 0.156. The third kappa shape index (κ3) is 4.22. The zero-order valence-corrected chi connectivity index (χ0v) is 8.78. The van der Waals surface area contributed by atoms with Crippen LogP contribution in [0.5, 0.6) is 0 Å². The monoisotopic (exact) mass is 190 g/mol. The summed E-state index contributed by atoms with van der Waals surface area (Å²) in [7, 11) is 0. The maximum Gasteiger partial charge on any atom is 0.158 e. The van der Waals surface area contributed by atoms with Crippen LogP contribution in [-0.2, 0) is 4.79 Å². The zero-order valence-electron chi connectivity index (χ0n) is 8.78. The van der Waals surface area contributed by atoms with E-state index in [9.17, 15) is 4.79 Å². The molecule has 0 radical (unpaired) electrons. The number of carbonyl (C=O) groups is 1. The van der Waals surface area contributed by atoms with Crippen LogP contribution in [0, 0.1) is 5.92 Å². The minimum Gasteiger partial charge on any atom is -0.295 e. The molecule has 1 heteroatoms. The lowest BCUT2D eigenvalue weighted by atomic mass is 9.99. The van der Waals surface area contributed by atoms with Gasteiger partial charge < -0.3 is 0 Å². The maximum atomic E-state index is 11.5. The Bertz CT molecular complexity index is 258. The van der Waals surface area contributed by atoms with Gasteiger partial charge in [-0.2, -0.15) is 0 Å². The van der Waals surface area contributed by atoms with Gasteiger partial charge in [-0.15, -0.1) is 0 Å². The SMILES string of the molecule is CC1CCC=CCCC=CC=CC1=O. The number of ketones is 1. The second kappa shape index (κ2) is 6.36. The van der Waals surface area contributed by atoms with Crippen molar-refractivity contribution in [2.24, 2.45) is 5.92 Å². The van der Waals surface area contributed by atoms with E-state index in [1.54, 1.807) is 6.08 Å². The quantitative estimate of drug-likeness (QED) is 0.535. The van der Waals surface area contributed by atoms with E-state index in [-0.39, 0.29) is 11.7 Å². The molecule has 14 heavy (non-hydrogen) atoms. The molecule has 0 spiro atoms. The fraction of sp³-hybridized carbons (Fsp3) is 0.462. The van der Waals surface area contributed by atoms with E-state index in [2.05, 4.69) is 18.2 Å². The summed E-state index contributed by atoms with van der Waals surface area (Å²) in [6.07, 6.45) is 16.1. The van der Waals surface area contributed by atoms with E-state index in [0.717, 1.165) is 25.7 Å². The van der Waals surface area contributed by atoms with Crippen LogP contribution < -0.4 is 0 Å². The molecule has 1 rings (SSSR count). The van der Waals surface area contributed by atoms with Gasteiger partial charge in [0, 0.05) is 5.92 Å². The van der Waals surface area contributed by atoms with Crippen LogP contribution in [0.4, 0.5) is 0 Å². The summed E-state index contributed by atoms with van der Waals surface area (Å²) in [6.45, 7) is 2.00. The molecule has 1 atom stereocenters. The minimum atomic E-state index is 0.156. The van der Waals surface area contributed by atoms with E-state index in [4.69, 9.17) is 0 Å². The van der Waals surface area contributed by atoms with Gasteiger partial charge in [-0.05, 0) is 31.8 Å². The van der Waals surface area contributed by atoms with Gasteiger partial charge in [0.25, 0.3) is 0 Å². The van der Waals surface area contributed by atoms with Gasteiger partial charge >= 0.3 is 0 Å². The molecule has 0 aliphatic heterocycles. The van der Waals surface area contributed by atoms with Crippen molar-refractivity contribution in [3.63, 3.8) is 0 Å². The summed E-state index contributed by atoms with van der Waals surface area (Å²) in [6, 6.07) is 0. The smallest absolute Gasteiger partial charge is 0.158 e. The van der Waals surface area contributed by atoms with Gasteiger partial charge in [-0.1, -0.05) is 37.3 Å². The summed E-state index contributed by atoms with van der Waals surface area (Å²) in [4.78, 5) is 11.5. The Morgan fingerprint density at radius 2 is 1.79 bits per heavy atom. The number of hydrogen-bond donors (Lipinski definition) is 0. The van der Waals surface area contributed by atoms with Crippen molar-refractivity contribution in [2.75, 3.05) is 0 Å². The van der Waals surface area contributed by atoms with E-state index >= 15 is 0 Å². The number of allylic oxidation sites excluding steroid dienone is 6. The van der Waals surface area contributed by atoms with Crippen LogP contribution in [0.3, 0.4) is 0 Å². The third-order valence-electron chi connectivity index (χ3n) is 2.43. The number of carbonyl (C=O) groups excluding carboxylic acids is 1. The van der Waals surface area contributed by atoms with Gasteiger partial charge in [0.05, 0.1) is 0 Å². The topological polar surface area (TPSA) is 17.1 Å². The summed E-state index contributed by atoms with van der Waals surface area (Å²) >= 11 is 0.